The molecule has 3 N–H and O–H groups in total. The van der Waals surface area contributed by atoms with Crippen LogP contribution in [0.5, 0.6) is 0 Å². The summed E-state index contributed by atoms with van der Waals surface area (Å²) in [6.45, 7) is 0. The Morgan fingerprint density at radius 3 is 2.54 bits per heavy atom. The van der Waals surface area contributed by atoms with Crippen molar-refractivity contribution in [2.45, 2.75) is 4.90 Å². The highest BCUT2D eigenvalue weighted by molar-refractivity contribution is 7.89. The molecule has 0 aliphatic rings. The van der Waals surface area contributed by atoms with Crippen LogP contribution in [0.1, 0.15) is 10.5 Å². The molecule has 0 atom stereocenters. The van der Waals surface area contributed by atoms with E-state index in [-0.39, 0.29) is 10.6 Å². The number of rotatable bonds is 4. The van der Waals surface area contributed by atoms with Crippen molar-refractivity contribution in [2.24, 2.45) is 5.14 Å². The summed E-state index contributed by atoms with van der Waals surface area (Å²) in [5.74, 6) is -0.417. The van der Waals surface area contributed by atoms with Gasteiger partial charge in [0, 0.05) is 16.6 Å². The Morgan fingerprint density at radius 1 is 1.08 bits per heavy atom. The number of primary sulfonamides is 1. The summed E-state index contributed by atoms with van der Waals surface area (Å²) in [4.78, 5) is 16.5. The zero-order chi connectivity index (χ0) is 17.2. The van der Waals surface area contributed by atoms with Crippen LogP contribution in [0.3, 0.4) is 0 Å². The fraction of sp³-hybridized carbons (Fsp3) is 0. The first kappa shape index (κ1) is 16.3. The molecular weight excluding hydrogens is 346 g/mol. The van der Waals surface area contributed by atoms with Gasteiger partial charge in [-0.3, -0.25) is 4.79 Å². The van der Waals surface area contributed by atoms with E-state index in [1.165, 1.54) is 29.5 Å². The van der Waals surface area contributed by atoms with Crippen molar-refractivity contribution in [3.05, 3.63) is 65.7 Å². The highest BCUT2D eigenvalue weighted by atomic mass is 32.2. The third-order valence-corrected chi connectivity index (χ3v) is 4.98. The number of nitrogens with two attached hydrogens (primary N) is 1. The van der Waals surface area contributed by atoms with Crippen molar-refractivity contribution >= 4 is 33.0 Å². The Hall–Kier alpha value is -2.55. The predicted octanol–water partition coefficient (Wildman–Crippen LogP) is 2.71. The largest absolute Gasteiger partial charge is 0.321 e. The van der Waals surface area contributed by atoms with E-state index in [9.17, 15) is 13.2 Å². The maximum absolute atomic E-state index is 12.3. The van der Waals surface area contributed by atoms with Crippen molar-refractivity contribution in [3.8, 4) is 10.6 Å². The third kappa shape index (κ3) is 3.67. The molecule has 0 saturated heterocycles. The monoisotopic (exact) mass is 359 g/mol. The number of hydrogen-bond donors (Lipinski definition) is 2. The summed E-state index contributed by atoms with van der Waals surface area (Å²) < 4.78 is 22.7. The first-order valence-electron chi connectivity index (χ1n) is 6.89. The van der Waals surface area contributed by atoms with Crippen LogP contribution in [0, 0.1) is 0 Å². The van der Waals surface area contributed by atoms with Gasteiger partial charge in [-0.2, -0.15) is 0 Å². The number of nitrogens with zero attached hydrogens (tertiary/aromatic N) is 1. The van der Waals surface area contributed by atoms with Gasteiger partial charge in [-0.05, 0) is 18.2 Å². The van der Waals surface area contributed by atoms with Crippen LogP contribution in [0.4, 0.5) is 5.69 Å². The number of carbonyl (C=O) groups is 1. The molecule has 3 rings (SSSR count). The SMILES string of the molecule is NS(=O)(=O)c1cccc(NC(=O)c2csc(-c3ccccc3)n2)c1. The van der Waals surface area contributed by atoms with Gasteiger partial charge in [0.25, 0.3) is 5.91 Å². The zero-order valence-electron chi connectivity index (χ0n) is 12.3. The summed E-state index contributed by atoms with van der Waals surface area (Å²) >= 11 is 1.36. The van der Waals surface area contributed by atoms with Gasteiger partial charge in [0.15, 0.2) is 0 Å². The van der Waals surface area contributed by atoms with Gasteiger partial charge in [0.2, 0.25) is 10.0 Å². The molecule has 1 aromatic heterocycles. The van der Waals surface area contributed by atoms with Crippen LogP contribution >= 0.6 is 11.3 Å². The molecule has 122 valence electrons. The van der Waals surface area contributed by atoms with Crippen molar-refractivity contribution < 1.29 is 13.2 Å². The molecule has 24 heavy (non-hydrogen) atoms. The summed E-state index contributed by atoms with van der Waals surface area (Å²) in [6, 6.07) is 15.3. The fourth-order valence-corrected chi connectivity index (χ4v) is 3.40. The summed E-state index contributed by atoms with van der Waals surface area (Å²) in [6.07, 6.45) is 0. The van der Waals surface area contributed by atoms with E-state index < -0.39 is 15.9 Å². The van der Waals surface area contributed by atoms with Crippen LogP contribution in [-0.2, 0) is 10.0 Å². The number of hydrogen-bond acceptors (Lipinski definition) is 5. The molecule has 0 aliphatic carbocycles. The number of carbonyl (C=O) groups excluding carboxylic acids is 1. The summed E-state index contributed by atoms with van der Waals surface area (Å²) in [7, 11) is -3.82. The number of sulfonamides is 1. The van der Waals surface area contributed by atoms with E-state index >= 15 is 0 Å². The maximum Gasteiger partial charge on any atom is 0.275 e. The lowest BCUT2D eigenvalue weighted by Crippen LogP contribution is -2.15. The Morgan fingerprint density at radius 2 is 1.83 bits per heavy atom. The maximum atomic E-state index is 12.3. The van der Waals surface area contributed by atoms with E-state index in [0.29, 0.717) is 5.69 Å². The standard InChI is InChI=1S/C16H13N3O3S2/c17-24(21,22)13-8-4-7-12(9-13)18-15(20)14-10-23-16(19-14)11-5-2-1-3-6-11/h1-10H,(H,18,20)(H2,17,21,22). The van der Waals surface area contributed by atoms with Crippen molar-refractivity contribution in [1.82, 2.24) is 4.98 Å². The second-order valence-electron chi connectivity index (χ2n) is 4.93. The van der Waals surface area contributed by atoms with Crippen LogP contribution in [0.15, 0.2) is 64.9 Å². The molecule has 1 heterocycles. The normalized spacial score (nSPS) is 11.2. The molecule has 6 nitrogen and oxygen atoms in total. The first-order chi connectivity index (χ1) is 11.4. The Balaban J connectivity index is 1.80. The van der Waals surface area contributed by atoms with Crippen molar-refractivity contribution in [1.29, 1.82) is 0 Å². The third-order valence-electron chi connectivity index (χ3n) is 3.18. The molecule has 0 saturated carbocycles. The summed E-state index contributed by atoms with van der Waals surface area (Å²) in [5, 5.41) is 10.1. The van der Waals surface area contributed by atoms with Gasteiger partial charge in [-0.25, -0.2) is 18.5 Å². The number of nitrogens with one attached hydrogen (secondary N) is 1. The van der Waals surface area contributed by atoms with Crippen LogP contribution in [-0.4, -0.2) is 19.3 Å². The molecule has 0 unspecified atom stereocenters. The molecule has 0 bridgehead atoms. The molecular formula is C16H13N3O3S2. The lowest BCUT2D eigenvalue weighted by atomic mass is 10.2. The highest BCUT2D eigenvalue weighted by Gasteiger charge is 2.14. The molecule has 2 aromatic carbocycles. The minimum atomic E-state index is -3.82. The number of aromatic nitrogens is 1. The minimum Gasteiger partial charge on any atom is -0.321 e. The molecule has 0 radical (unpaired) electrons. The van der Waals surface area contributed by atoms with E-state index in [0.717, 1.165) is 10.6 Å². The molecule has 0 fully saturated rings. The molecule has 0 aliphatic heterocycles. The topological polar surface area (TPSA) is 102 Å². The van der Waals surface area contributed by atoms with Crippen molar-refractivity contribution in [2.75, 3.05) is 5.32 Å². The van der Waals surface area contributed by atoms with Crippen molar-refractivity contribution in [3.63, 3.8) is 0 Å². The average Bonchev–Trinajstić information content (AvgIpc) is 3.05. The summed E-state index contributed by atoms with van der Waals surface area (Å²) in [5.41, 5.74) is 1.53. The highest BCUT2D eigenvalue weighted by Crippen LogP contribution is 2.24. The number of amides is 1. The smallest absolute Gasteiger partial charge is 0.275 e. The minimum absolute atomic E-state index is 0.0662. The molecule has 1 amide bonds. The lowest BCUT2D eigenvalue weighted by molar-refractivity contribution is 0.102. The Labute approximate surface area is 143 Å². The quantitative estimate of drug-likeness (QED) is 0.747. The van der Waals surface area contributed by atoms with Crippen LogP contribution in [0.25, 0.3) is 10.6 Å². The lowest BCUT2D eigenvalue weighted by Gasteiger charge is -2.05. The number of benzene rings is 2. The van der Waals surface area contributed by atoms with Gasteiger partial charge in [0.1, 0.15) is 10.7 Å². The van der Waals surface area contributed by atoms with Crippen LogP contribution < -0.4 is 10.5 Å². The average molecular weight is 359 g/mol. The molecule has 8 heteroatoms. The van der Waals surface area contributed by atoms with Gasteiger partial charge < -0.3 is 5.32 Å². The Bertz CT molecular complexity index is 983. The predicted molar refractivity (Wildman–Crippen MR) is 93.3 cm³/mol. The van der Waals surface area contributed by atoms with E-state index in [4.69, 9.17) is 5.14 Å². The fourth-order valence-electron chi connectivity index (χ4n) is 2.04. The van der Waals surface area contributed by atoms with E-state index in [2.05, 4.69) is 10.3 Å². The van der Waals surface area contributed by atoms with E-state index in [1.807, 2.05) is 30.3 Å². The molecule has 0 spiro atoms. The van der Waals surface area contributed by atoms with Gasteiger partial charge in [-0.1, -0.05) is 36.4 Å². The van der Waals surface area contributed by atoms with E-state index in [1.54, 1.807) is 11.4 Å². The van der Waals surface area contributed by atoms with Gasteiger partial charge in [0.05, 0.1) is 4.90 Å². The molecule has 3 aromatic rings. The second-order valence-corrected chi connectivity index (χ2v) is 7.35. The van der Waals surface area contributed by atoms with Crippen LogP contribution in [0.2, 0.25) is 0 Å². The zero-order valence-corrected chi connectivity index (χ0v) is 14.0. The number of anilines is 1. The number of thiazole rings is 1. The van der Waals surface area contributed by atoms with Gasteiger partial charge in [-0.15, -0.1) is 11.3 Å². The second kappa shape index (κ2) is 6.52. The first-order valence-corrected chi connectivity index (χ1v) is 9.31. The Kier molecular flexibility index (Phi) is 4.43. The van der Waals surface area contributed by atoms with Gasteiger partial charge >= 0.3 is 0 Å².